The van der Waals surface area contributed by atoms with Crippen LogP contribution in [0.4, 0.5) is 0 Å². The quantitative estimate of drug-likeness (QED) is 0.737. The second kappa shape index (κ2) is 8.00. The molecule has 1 amide bonds. The molecule has 2 rings (SSSR count). The van der Waals surface area contributed by atoms with Gasteiger partial charge in [-0.05, 0) is 31.2 Å². The van der Waals surface area contributed by atoms with Crippen molar-refractivity contribution in [2.45, 2.75) is 6.42 Å². The fraction of sp³-hybridized carbons (Fsp3) is 0.467. The Morgan fingerprint density at radius 1 is 1.45 bits per heavy atom. The fourth-order valence-electron chi connectivity index (χ4n) is 2.35. The van der Waals surface area contributed by atoms with Crippen molar-refractivity contribution >= 4 is 23.5 Å². The maximum atomic E-state index is 11.8. The van der Waals surface area contributed by atoms with Crippen molar-refractivity contribution < 1.29 is 19.4 Å². The highest BCUT2D eigenvalue weighted by Gasteiger charge is 2.28. The number of carbonyl (C=O) groups is 2. The smallest absolute Gasteiger partial charge is 0.307 e. The van der Waals surface area contributed by atoms with Crippen molar-refractivity contribution in [2.75, 3.05) is 32.8 Å². The van der Waals surface area contributed by atoms with E-state index in [2.05, 4.69) is 5.32 Å². The van der Waals surface area contributed by atoms with Crippen LogP contribution in [-0.4, -0.2) is 54.7 Å². The van der Waals surface area contributed by atoms with Crippen LogP contribution in [0.3, 0.4) is 0 Å². The lowest BCUT2D eigenvalue weighted by atomic mass is 10.1. The molecule has 0 spiro atoms. The molecule has 1 atom stereocenters. The van der Waals surface area contributed by atoms with Gasteiger partial charge in [0.1, 0.15) is 12.4 Å². The molecule has 0 aromatic heterocycles. The average Bonchev–Trinajstić information content (AvgIpc) is 2.92. The van der Waals surface area contributed by atoms with Gasteiger partial charge < -0.3 is 15.2 Å². The van der Waals surface area contributed by atoms with E-state index in [9.17, 15) is 9.59 Å². The summed E-state index contributed by atoms with van der Waals surface area (Å²) in [5.74, 6) is -0.622. The molecule has 0 saturated carbocycles. The summed E-state index contributed by atoms with van der Waals surface area (Å²) in [5.41, 5.74) is 0. The summed E-state index contributed by atoms with van der Waals surface area (Å²) in [7, 11) is 0. The highest BCUT2D eigenvalue weighted by atomic mass is 35.5. The van der Waals surface area contributed by atoms with Crippen molar-refractivity contribution in [3.8, 4) is 5.75 Å². The van der Waals surface area contributed by atoms with E-state index in [0.717, 1.165) is 0 Å². The van der Waals surface area contributed by atoms with Gasteiger partial charge in [-0.3, -0.25) is 14.5 Å². The predicted molar refractivity (Wildman–Crippen MR) is 82.1 cm³/mol. The monoisotopic (exact) mass is 326 g/mol. The number of hydrogen-bond donors (Lipinski definition) is 2. The molecule has 0 aliphatic carbocycles. The number of benzene rings is 1. The van der Waals surface area contributed by atoms with E-state index < -0.39 is 5.97 Å². The lowest BCUT2D eigenvalue weighted by Gasteiger charge is -2.15. The van der Waals surface area contributed by atoms with Gasteiger partial charge in [-0.1, -0.05) is 17.7 Å². The number of nitrogens with zero attached hydrogens (tertiary/aromatic N) is 1. The molecule has 2 N–H and O–H groups in total. The largest absolute Gasteiger partial charge is 0.492 e. The third kappa shape index (κ3) is 5.20. The Morgan fingerprint density at radius 2 is 2.27 bits per heavy atom. The first kappa shape index (κ1) is 16.6. The number of carbonyl (C=O) groups excluding carboxylic acids is 1. The van der Waals surface area contributed by atoms with Crippen molar-refractivity contribution in [3.63, 3.8) is 0 Å². The zero-order valence-electron chi connectivity index (χ0n) is 12.1. The van der Waals surface area contributed by atoms with Crippen LogP contribution in [0.5, 0.6) is 5.75 Å². The molecule has 6 nitrogen and oxygen atoms in total. The van der Waals surface area contributed by atoms with Crippen LogP contribution in [0.15, 0.2) is 24.3 Å². The molecule has 1 aliphatic rings. The van der Waals surface area contributed by atoms with Gasteiger partial charge in [-0.25, -0.2) is 0 Å². The third-order valence-corrected chi connectivity index (χ3v) is 3.71. The number of hydrogen-bond acceptors (Lipinski definition) is 4. The number of ether oxygens (including phenoxy) is 1. The summed E-state index contributed by atoms with van der Waals surface area (Å²) in [6, 6.07) is 7.06. The second-order valence-electron chi connectivity index (χ2n) is 5.21. The molecule has 22 heavy (non-hydrogen) atoms. The molecule has 1 heterocycles. The Balaban J connectivity index is 1.61. The zero-order valence-corrected chi connectivity index (χ0v) is 12.9. The number of halogens is 1. The molecule has 1 aromatic carbocycles. The molecule has 120 valence electrons. The minimum atomic E-state index is -0.794. The lowest BCUT2D eigenvalue weighted by Crippen LogP contribution is -2.38. The van der Waals surface area contributed by atoms with Gasteiger partial charge in [0, 0.05) is 11.6 Å². The summed E-state index contributed by atoms with van der Waals surface area (Å²) in [5, 5.41) is 12.3. The topological polar surface area (TPSA) is 78.9 Å². The number of carboxylic acids is 1. The number of nitrogens with one attached hydrogen (secondary N) is 1. The highest BCUT2D eigenvalue weighted by molar-refractivity contribution is 6.30. The molecule has 1 saturated heterocycles. The van der Waals surface area contributed by atoms with E-state index in [1.165, 1.54) is 0 Å². The van der Waals surface area contributed by atoms with Crippen molar-refractivity contribution in [1.82, 2.24) is 10.2 Å². The predicted octanol–water partition coefficient (Wildman–Crippen LogP) is 1.24. The lowest BCUT2D eigenvalue weighted by molar-refractivity contribution is -0.141. The minimum Gasteiger partial charge on any atom is -0.492 e. The van der Waals surface area contributed by atoms with Gasteiger partial charge in [0.15, 0.2) is 0 Å². The zero-order chi connectivity index (χ0) is 15.9. The standard InChI is InChI=1S/C15H19ClN2O4/c16-12-2-1-3-13(8-12)22-7-5-17-14(19)10-18-6-4-11(9-18)15(20)21/h1-3,8,11H,4-7,9-10H2,(H,17,19)(H,20,21). The summed E-state index contributed by atoms with van der Waals surface area (Å²) < 4.78 is 5.47. The summed E-state index contributed by atoms with van der Waals surface area (Å²) >= 11 is 5.84. The molecule has 1 aliphatic heterocycles. The Labute approximate surface area is 134 Å². The first-order valence-electron chi connectivity index (χ1n) is 7.15. The van der Waals surface area contributed by atoms with Crippen molar-refractivity contribution in [1.29, 1.82) is 0 Å². The molecular weight excluding hydrogens is 308 g/mol. The Kier molecular flexibility index (Phi) is 6.03. The minimum absolute atomic E-state index is 0.124. The fourth-order valence-corrected chi connectivity index (χ4v) is 2.53. The molecule has 0 radical (unpaired) electrons. The van der Waals surface area contributed by atoms with Crippen LogP contribution >= 0.6 is 11.6 Å². The number of amides is 1. The molecular formula is C15H19ClN2O4. The molecule has 1 unspecified atom stereocenters. The second-order valence-corrected chi connectivity index (χ2v) is 5.65. The molecule has 1 fully saturated rings. The SMILES string of the molecule is O=C(CN1CCC(C(=O)O)C1)NCCOc1cccc(Cl)c1. The van der Waals surface area contributed by atoms with E-state index in [1.807, 2.05) is 4.90 Å². The summed E-state index contributed by atoms with van der Waals surface area (Å²) in [6.45, 7) is 2.04. The van der Waals surface area contributed by atoms with Gasteiger partial charge in [0.25, 0.3) is 0 Å². The summed E-state index contributed by atoms with van der Waals surface area (Å²) in [6.07, 6.45) is 0.598. The first-order valence-corrected chi connectivity index (χ1v) is 7.52. The Bertz CT molecular complexity index is 538. The van der Waals surface area contributed by atoms with Gasteiger partial charge in [0.2, 0.25) is 5.91 Å². The number of aliphatic carboxylic acids is 1. The van der Waals surface area contributed by atoms with Crippen molar-refractivity contribution in [3.05, 3.63) is 29.3 Å². The molecule has 1 aromatic rings. The van der Waals surface area contributed by atoms with Gasteiger partial charge in [-0.15, -0.1) is 0 Å². The van der Waals surface area contributed by atoms with E-state index in [1.54, 1.807) is 24.3 Å². The van der Waals surface area contributed by atoms with Crippen LogP contribution < -0.4 is 10.1 Å². The van der Waals surface area contributed by atoms with Crippen molar-refractivity contribution in [2.24, 2.45) is 5.92 Å². The van der Waals surface area contributed by atoms with E-state index in [4.69, 9.17) is 21.4 Å². The Hall–Kier alpha value is -1.79. The summed E-state index contributed by atoms with van der Waals surface area (Å²) in [4.78, 5) is 24.5. The van der Waals surface area contributed by atoms with Crippen LogP contribution in [0.25, 0.3) is 0 Å². The number of carboxylic acid groups (broad SMARTS) is 1. The van der Waals surface area contributed by atoms with Crippen LogP contribution in [-0.2, 0) is 9.59 Å². The Morgan fingerprint density at radius 3 is 2.95 bits per heavy atom. The number of likely N-dealkylation sites (tertiary alicyclic amines) is 1. The highest BCUT2D eigenvalue weighted by Crippen LogP contribution is 2.17. The van der Waals surface area contributed by atoms with E-state index in [0.29, 0.717) is 43.4 Å². The average molecular weight is 327 g/mol. The van der Waals surface area contributed by atoms with Crippen LogP contribution in [0, 0.1) is 5.92 Å². The normalized spacial score (nSPS) is 18.1. The molecule has 0 bridgehead atoms. The van der Waals surface area contributed by atoms with E-state index >= 15 is 0 Å². The maximum absolute atomic E-state index is 11.8. The van der Waals surface area contributed by atoms with Gasteiger partial charge in [-0.2, -0.15) is 0 Å². The third-order valence-electron chi connectivity index (χ3n) is 3.48. The number of rotatable bonds is 7. The maximum Gasteiger partial charge on any atom is 0.307 e. The van der Waals surface area contributed by atoms with Crippen LogP contribution in [0.2, 0.25) is 5.02 Å². The van der Waals surface area contributed by atoms with Crippen LogP contribution in [0.1, 0.15) is 6.42 Å². The van der Waals surface area contributed by atoms with Gasteiger partial charge >= 0.3 is 5.97 Å². The van der Waals surface area contributed by atoms with Gasteiger partial charge in [0.05, 0.1) is 19.0 Å². The molecule has 7 heteroatoms. The van der Waals surface area contributed by atoms with E-state index in [-0.39, 0.29) is 18.4 Å². The first-order chi connectivity index (χ1) is 10.5.